The molecule has 0 bridgehead atoms. The lowest BCUT2D eigenvalue weighted by atomic mass is 9.94. The highest BCUT2D eigenvalue weighted by Crippen LogP contribution is 2.29. The molecule has 1 atom stereocenters. The van der Waals surface area contributed by atoms with Gasteiger partial charge in [-0.2, -0.15) is 0 Å². The fourth-order valence-corrected chi connectivity index (χ4v) is 4.45. The molecule has 1 saturated carbocycles. The maximum absolute atomic E-state index is 12.7. The summed E-state index contributed by atoms with van der Waals surface area (Å²) in [4.78, 5) is 27.6. The summed E-state index contributed by atoms with van der Waals surface area (Å²) in [5, 5.41) is 12.3. The van der Waals surface area contributed by atoms with E-state index in [0.717, 1.165) is 45.3 Å². The van der Waals surface area contributed by atoms with Gasteiger partial charge in [-0.1, -0.05) is 33.1 Å². The first-order valence-electron chi connectivity index (χ1n) is 10.1. The molecule has 1 heterocycles. The molecule has 6 heteroatoms. The molecule has 0 radical (unpaired) electrons. The first-order valence-corrected chi connectivity index (χ1v) is 10.1. The summed E-state index contributed by atoms with van der Waals surface area (Å²) in [5.74, 6) is -0.131. The normalized spacial score (nSPS) is 20.8. The second-order valence-electron chi connectivity index (χ2n) is 7.56. The Morgan fingerprint density at radius 2 is 1.80 bits per heavy atom. The van der Waals surface area contributed by atoms with Gasteiger partial charge in [0.2, 0.25) is 0 Å². The number of aliphatic carboxylic acids is 1. The van der Waals surface area contributed by atoms with Crippen molar-refractivity contribution in [3.05, 3.63) is 0 Å². The van der Waals surface area contributed by atoms with Gasteiger partial charge < -0.3 is 15.3 Å². The smallest absolute Gasteiger partial charge is 0.317 e. The number of likely N-dealkylation sites (N-methyl/N-ethyl adjacent to an activating group) is 1. The van der Waals surface area contributed by atoms with Gasteiger partial charge in [-0.25, -0.2) is 4.79 Å². The van der Waals surface area contributed by atoms with Gasteiger partial charge in [0.05, 0.1) is 6.54 Å². The van der Waals surface area contributed by atoms with Crippen LogP contribution in [0.5, 0.6) is 0 Å². The van der Waals surface area contributed by atoms with Crippen LogP contribution in [0, 0.1) is 5.92 Å². The van der Waals surface area contributed by atoms with Gasteiger partial charge in [0, 0.05) is 25.2 Å². The van der Waals surface area contributed by atoms with E-state index in [0.29, 0.717) is 12.0 Å². The summed E-state index contributed by atoms with van der Waals surface area (Å²) in [6.07, 6.45) is 8.96. The molecular weight excluding hydrogens is 318 g/mol. The zero-order chi connectivity index (χ0) is 18.2. The second kappa shape index (κ2) is 10.00. The molecule has 1 aliphatic heterocycles. The standard InChI is InChI=1S/C19H35N3O3/c1-3-7-17(15-8-5-6-9-15)20-19(25)22-12-10-16(11-13-22)21(4-2)14-18(23)24/h15-17H,3-14H2,1-2H3,(H,20,25)(H,23,24). The van der Waals surface area contributed by atoms with Crippen molar-refractivity contribution in [2.75, 3.05) is 26.2 Å². The fraction of sp³-hybridized carbons (Fsp3) is 0.895. The van der Waals surface area contributed by atoms with Crippen LogP contribution in [-0.4, -0.2) is 65.2 Å². The first kappa shape index (κ1) is 20.0. The van der Waals surface area contributed by atoms with E-state index >= 15 is 0 Å². The van der Waals surface area contributed by atoms with Crippen molar-refractivity contribution in [2.45, 2.75) is 77.3 Å². The van der Waals surface area contributed by atoms with Crippen LogP contribution in [0.2, 0.25) is 0 Å². The zero-order valence-electron chi connectivity index (χ0n) is 15.9. The summed E-state index contributed by atoms with van der Waals surface area (Å²) < 4.78 is 0. The van der Waals surface area contributed by atoms with Crippen LogP contribution in [0.3, 0.4) is 0 Å². The number of nitrogens with zero attached hydrogens (tertiary/aromatic N) is 2. The number of amides is 2. The molecule has 2 rings (SSSR count). The number of carboxylic acid groups (broad SMARTS) is 1. The lowest BCUT2D eigenvalue weighted by molar-refractivity contribution is -0.139. The van der Waals surface area contributed by atoms with Crippen molar-refractivity contribution in [3.8, 4) is 0 Å². The Hall–Kier alpha value is -1.30. The largest absolute Gasteiger partial charge is 0.480 e. The molecule has 6 nitrogen and oxygen atoms in total. The van der Waals surface area contributed by atoms with E-state index in [1.807, 2.05) is 16.7 Å². The van der Waals surface area contributed by atoms with Gasteiger partial charge in [-0.05, 0) is 44.6 Å². The van der Waals surface area contributed by atoms with Crippen LogP contribution >= 0.6 is 0 Å². The van der Waals surface area contributed by atoms with Crippen molar-refractivity contribution in [1.29, 1.82) is 0 Å². The number of hydrogen-bond donors (Lipinski definition) is 2. The van der Waals surface area contributed by atoms with Gasteiger partial charge in [0.1, 0.15) is 0 Å². The van der Waals surface area contributed by atoms with Crippen LogP contribution in [0.15, 0.2) is 0 Å². The lowest BCUT2D eigenvalue weighted by Crippen LogP contribution is -2.52. The van der Waals surface area contributed by atoms with Gasteiger partial charge in [0.15, 0.2) is 0 Å². The number of carbonyl (C=O) groups is 2. The molecule has 0 spiro atoms. The quantitative estimate of drug-likeness (QED) is 0.704. The van der Waals surface area contributed by atoms with Crippen molar-refractivity contribution >= 4 is 12.0 Å². The highest BCUT2D eigenvalue weighted by Gasteiger charge is 2.30. The summed E-state index contributed by atoms with van der Waals surface area (Å²) in [6.45, 7) is 6.45. The van der Waals surface area contributed by atoms with E-state index in [1.165, 1.54) is 25.7 Å². The van der Waals surface area contributed by atoms with Crippen molar-refractivity contribution in [3.63, 3.8) is 0 Å². The molecule has 1 saturated heterocycles. The van der Waals surface area contributed by atoms with Crippen LogP contribution in [0.25, 0.3) is 0 Å². The van der Waals surface area contributed by atoms with Crippen LogP contribution in [-0.2, 0) is 4.79 Å². The zero-order valence-corrected chi connectivity index (χ0v) is 15.9. The Labute approximate surface area is 151 Å². The molecule has 1 unspecified atom stereocenters. The predicted molar refractivity (Wildman–Crippen MR) is 98.7 cm³/mol. The fourth-order valence-electron chi connectivity index (χ4n) is 4.45. The Morgan fingerprint density at radius 1 is 1.16 bits per heavy atom. The van der Waals surface area contributed by atoms with E-state index in [-0.39, 0.29) is 18.6 Å². The van der Waals surface area contributed by atoms with Crippen LogP contribution in [0.4, 0.5) is 4.79 Å². The van der Waals surface area contributed by atoms with Crippen molar-refractivity contribution < 1.29 is 14.7 Å². The summed E-state index contributed by atoms with van der Waals surface area (Å²) >= 11 is 0. The summed E-state index contributed by atoms with van der Waals surface area (Å²) in [5.41, 5.74) is 0. The van der Waals surface area contributed by atoms with E-state index in [1.54, 1.807) is 0 Å². The number of hydrogen-bond acceptors (Lipinski definition) is 3. The van der Waals surface area contributed by atoms with Crippen molar-refractivity contribution in [1.82, 2.24) is 15.1 Å². The molecule has 2 amide bonds. The third-order valence-corrected chi connectivity index (χ3v) is 5.89. The van der Waals surface area contributed by atoms with Gasteiger partial charge in [-0.3, -0.25) is 9.69 Å². The number of likely N-dealkylation sites (tertiary alicyclic amines) is 1. The number of piperidine rings is 1. The molecule has 0 aromatic heterocycles. The number of rotatable bonds is 8. The Bertz CT molecular complexity index is 430. The van der Waals surface area contributed by atoms with Crippen LogP contribution < -0.4 is 5.32 Å². The Morgan fingerprint density at radius 3 is 2.32 bits per heavy atom. The van der Waals surface area contributed by atoms with E-state index in [4.69, 9.17) is 5.11 Å². The molecular formula is C19H35N3O3. The molecule has 2 N–H and O–H groups in total. The van der Waals surface area contributed by atoms with E-state index in [2.05, 4.69) is 12.2 Å². The number of carboxylic acids is 1. The topological polar surface area (TPSA) is 72.9 Å². The van der Waals surface area contributed by atoms with Crippen molar-refractivity contribution in [2.24, 2.45) is 5.92 Å². The molecule has 1 aliphatic carbocycles. The van der Waals surface area contributed by atoms with E-state index in [9.17, 15) is 9.59 Å². The third-order valence-electron chi connectivity index (χ3n) is 5.89. The lowest BCUT2D eigenvalue weighted by Gasteiger charge is -2.38. The first-order chi connectivity index (χ1) is 12.0. The van der Waals surface area contributed by atoms with Crippen LogP contribution in [0.1, 0.15) is 65.2 Å². The Kier molecular flexibility index (Phi) is 8.00. The molecule has 2 aliphatic rings. The maximum atomic E-state index is 12.7. The Balaban J connectivity index is 1.82. The highest BCUT2D eigenvalue weighted by molar-refractivity contribution is 5.74. The minimum atomic E-state index is -0.777. The SMILES string of the molecule is CCCC(NC(=O)N1CCC(N(CC)CC(=O)O)CC1)C1CCCC1. The van der Waals surface area contributed by atoms with Gasteiger partial charge in [0.25, 0.3) is 0 Å². The number of carbonyl (C=O) groups excluding carboxylic acids is 1. The molecule has 144 valence electrons. The average Bonchev–Trinajstić information content (AvgIpc) is 3.13. The second-order valence-corrected chi connectivity index (χ2v) is 7.56. The number of nitrogens with one attached hydrogen (secondary N) is 1. The monoisotopic (exact) mass is 353 g/mol. The molecule has 0 aromatic carbocycles. The van der Waals surface area contributed by atoms with Gasteiger partial charge >= 0.3 is 12.0 Å². The number of urea groups is 1. The maximum Gasteiger partial charge on any atom is 0.317 e. The predicted octanol–water partition coefficient (Wildman–Crippen LogP) is 2.93. The van der Waals surface area contributed by atoms with Gasteiger partial charge in [-0.15, -0.1) is 0 Å². The molecule has 25 heavy (non-hydrogen) atoms. The summed E-state index contributed by atoms with van der Waals surface area (Å²) in [7, 11) is 0. The minimum Gasteiger partial charge on any atom is -0.480 e. The van der Waals surface area contributed by atoms with E-state index < -0.39 is 5.97 Å². The molecule has 2 fully saturated rings. The highest BCUT2D eigenvalue weighted by atomic mass is 16.4. The third kappa shape index (κ3) is 5.87. The summed E-state index contributed by atoms with van der Waals surface area (Å²) in [6, 6.07) is 0.661. The molecule has 0 aromatic rings. The minimum absolute atomic E-state index is 0.0742. The average molecular weight is 354 g/mol.